The van der Waals surface area contributed by atoms with Crippen molar-refractivity contribution in [3.63, 3.8) is 0 Å². The molecule has 0 aromatic heterocycles. The molecule has 0 bridgehead atoms. The van der Waals surface area contributed by atoms with Crippen LogP contribution in [-0.4, -0.2) is 0 Å². The topological polar surface area (TPSA) is 33.0 Å². The summed E-state index contributed by atoms with van der Waals surface area (Å²) in [6.45, 7) is 13.7. The lowest BCUT2D eigenvalue weighted by Gasteiger charge is -2.43. The van der Waals surface area contributed by atoms with Gasteiger partial charge >= 0.3 is 0 Å². The van der Waals surface area contributed by atoms with Crippen LogP contribution in [-0.2, 0) is 17.4 Å². The van der Waals surface area contributed by atoms with Gasteiger partial charge < -0.3 is 4.74 Å². The second-order valence-corrected chi connectivity index (χ2v) is 9.22. The summed E-state index contributed by atoms with van der Waals surface area (Å²) in [5.41, 5.74) is 6.68. The van der Waals surface area contributed by atoms with Crippen molar-refractivity contribution in [1.29, 1.82) is 5.26 Å². The summed E-state index contributed by atoms with van der Waals surface area (Å²) in [4.78, 5) is 0. The number of nitrogens with zero attached hydrogens (tertiary/aromatic N) is 1. The molecule has 0 fully saturated rings. The molecular weight excluding hydrogens is 342 g/mol. The maximum Gasteiger partial charge on any atom is 0.132 e. The van der Waals surface area contributed by atoms with Gasteiger partial charge in [-0.3, -0.25) is 0 Å². The van der Waals surface area contributed by atoms with Gasteiger partial charge in [0.15, 0.2) is 0 Å². The summed E-state index contributed by atoms with van der Waals surface area (Å²) >= 11 is 0. The molecule has 0 heterocycles. The van der Waals surface area contributed by atoms with Crippen LogP contribution in [0.1, 0.15) is 75.3 Å². The van der Waals surface area contributed by atoms with Gasteiger partial charge in [0.25, 0.3) is 0 Å². The maximum absolute atomic E-state index is 9.68. The van der Waals surface area contributed by atoms with Gasteiger partial charge in [0.1, 0.15) is 12.4 Å². The summed E-state index contributed by atoms with van der Waals surface area (Å²) in [5.74, 6) is 0.880. The first kappa shape index (κ1) is 20.2. The molecular formula is C26H31NO. The highest BCUT2D eigenvalue weighted by atomic mass is 16.5. The number of aryl methyl sites for hydroxylation is 1. The van der Waals surface area contributed by atoms with Crippen molar-refractivity contribution >= 4 is 5.57 Å². The minimum atomic E-state index is 0.0117. The average Bonchev–Trinajstić information content (AvgIpc) is 2.66. The second-order valence-electron chi connectivity index (χ2n) is 9.22. The normalized spacial score (nSPS) is 17.5. The van der Waals surface area contributed by atoms with Crippen molar-refractivity contribution in [3.05, 3.63) is 70.3 Å². The lowest BCUT2D eigenvalue weighted by molar-refractivity contribution is 0.274. The summed E-state index contributed by atoms with van der Waals surface area (Å²) in [5, 5.41) is 9.68. The van der Waals surface area contributed by atoms with E-state index in [2.05, 4.69) is 77.1 Å². The summed E-state index contributed by atoms with van der Waals surface area (Å²) in [6.07, 6.45) is 4.13. The lowest BCUT2D eigenvalue weighted by Crippen LogP contribution is -2.34. The van der Waals surface area contributed by atoms with Crippen molar-refractivity contribution in [2.45, 2.75) is 71.8 Å². The van der Waals surface area contributed by atoms with Crippen molar-refractivity contribution in [1.82, 2.24) is 0 Å². The predicted molar refractivity (Wildman–Crippen MR) is 117 cm³/mol. The van der Waals surface area contributed by atoms with Gasteiger partial charge in [0.05, 0.1) is 11.6 Å². The molecule has 2 heteroatoms. The number of fused-ring (bicyclic) bond motifs is 1. The van der Waals surface area contributed by atoms with Gasteiger partial charge in [-0.1, -0.05) is 69.7 Å². The highest BCUT2D eigenvalue weighted by molar-refractivity contribution is 5.82. The van der Waals surface area contributed by atoms with Gasteiger partial charge in [-0.25, -0.2) is 0 Å². The molecule has 0 atom stereocenters. The Morgan fingerprint density at radius 3 is 2.29 bits per heavy atom. The fourth-order valence-corrected chi connectivity index (χ4v) is 4.19. The van der Waals surface area contributed by atoms with Gasteiger partial charge in [-0.2, -0.15) is 5.26 Å². The molecule has 0 aliphatic heterocycles. The average molecular weight is 374 g/mol. The highest BCUT2D eigenvalue weighted by Gasteiger charge is 2.40. The van der Waals surface area contributed by atoms with E-state index < -0.39 is 0 Å². The first-order chi connectivity index (χ1) is 13.2. The number of hydrogen-bond donors (Lipinski definition) is 0. The molecule has 0 unspecified atom stereocenters. The fraction of sp³-hybridized carbons (Fsp3) is 0.423. The molecule has 0 saturated carbocycles. The van der Waals surface area contributed by atoms with E-state index in [1.807, 2.05) is 13.0 Å². The second kappa shape index (κ2) is 7.47. The smallest absolute Gasteiger partial charge is 0.132 e. The van der Waals surface area contributed by atoms with Crippen LogP contribution in [0.5, 0.6) is 5.75 Å². The van der Waals surface area contributed by atoms with Gasteiger partial charge in [0, 0.05) is 11.1 Å². The Labute approximate surface area is 169 Å². The molecule has 0 amide bonds. The molecule has 2 aromatic carbocycles. The molecule has 0 N–H and O–H groups in total. The number of ether oxygens (including phenoxy) is 1. The zero-order valence-corrected chi connectivity index (χ0v) is 18.0. The number of hydrogen-bond acceptors (Lipinski definition) is 2. The number of nitriles is 1. The van der Waals surface area contributed by atoms with E-state index in [1.54, 1.807) is 0 Å². The Hall–Kier alpha value is -2.53. The van der Waals surface area contributed by atoms with Crippen molar-refractivity contribution in [3.8, 4) is 11.8 Å². The van der Waals surface area contributed by atoms with Crippen LogP contribution in [0.2, 0.25) is 0 Å². The third kappa shape index (κ3) is 3.72. The molecule has 2 aromatic rings. The molecule has 1 aliphatic rings. The van der Waals surface area contributed by atoms with Crippen LogP contribution < -0.4 is 4.74 Å². The number of benzene rings is 2. The Bertz CT molecular complexity index is 940. The molecule has 28 heavy (non-hydrogen) atoms. The quantitative estimate of drug-likeness (QED) is 0.549. The Kier molecular flexibility index (Phi) is 5.39. The Morgan fingerprint density at radius 1 is 1.04 bits per heavy atom. The van der Waals surface area contributed by atoms with Crippen LogP contribution in [0.4, 0.5) is 0 Å². The molecule has 0 spiro atoms. The minimum absolute atomic E-state index is 0.0117. The van der Waals surface area contributed by atoms with Crippen molar-refractivity contribution < 1.29 is 4.74 Å². The van der Waals surface area contributed by atoms with Crippen molar-refractivity contribution in [2.24, 2.45) is 0 Å². The van der Waals surface area contributed by atoms with E-state index in [9.17, 15) is 5.26 Å². The van der Waals surface area contributed by atoms with E-state index in [-0.39, 0.29) is 10.8 Å². The van der Waals surface area contributed by atoms with Crippen LogP contribution in [0.25, 0.3) is 5.57 Å². The first-order valence-corrected chi connectivity index (χ1v) is 10.1. The largest absolute Gasteiger partial charge is 0.488 e. The molecule has 0 saturated heterocycles. The monoisotopic (exact) mass is 373 g/mol. The zero-order chi connectivity index (χ0) is 20.5. The SMILES string of the molecule is CC=C(C#N)c1ccc2c(c1OCc1ccc(C)cc1)C(C)(C)CCC2(C)C. The number of rotatable bonds is 4. The maximum atomic E-state index is 9.68. The van der Waals surface area contributed by atoms with Crippen LogP contribution in [0.15, 0.2) is 42.5 Å². The lowest BCUT2D eigenvalue weighted by atomic mass is 9.62. The van der Waals surface area contributed by atoms with Gasteiger partial charge in [0.2, 0.25) is 0 Å². The third-order valence-electron chi connectivity index (χ3n) is 6.14. The van der Waals surface area contributed by atoms with E-state index in [4.69, 9.17) is 4.74 Å². The van der Waals surface area contributed by atoms with Gasteiger partial charge in [-0.15, -0.1) is 0 Å². The standard InChI is InChI=1S/C26H31NO/c1-7-20(16-27)21-12-13-22-23(26(5,6)15-14-25(22,3)4)24(21)28-17-19-10-8-18(2)9-11-19/h7-13H,14-15,17H2,1-6H3. The third-order valence-corrected chi connectivity index (χ3v) is 6.14. The van der Waals surface area contributed by atoms with E-state index >= 15 is 0 Å². The van der Waals surface area contributed by atoms with Crippen LogP contribution in [0, 0.1) is 18.3 Å². The summed E-state index contributed by atoms with van der Waals surface area (Å²) in [6, 6.07) is 15.1. The van der Waals surface area contributed by atoms with E-state index in [0.717, 1.165) is 29.7 Å². The Morgan fingerprint density at radius 2 is 1.68 bits per heavy atom. The van der Waals surface area contributed by atoms with Crippen molar-refractivity contribution in [2.75, 3.05) is 0 Å². The molecule has 146 valence electrons. The fourth-order valence-electron chi connectivity index (χ4n) is 4.19. The summed E-state index contributed by atoms with van der Waals surface area (Å²) < 4.78 is 6.48. The molecule has 2 nitrogen and oxygen atoms in total. The predicted octanol–water partition coefficient (Wildman–Crippen LogP) is 6.85. The number of allylic oxidation sites excluding steroid dienone is 2. The highest BCUT2D eigenvalue weighted by Crippen LogP contribution is 2.51. The molecule has 1 aliphatic carbocycles. The summed E-state index contributed by atoms with van der Waals surface area (Å²) in [7, 11) is 0. The van der Waals surface area contributed by atoms with Crippen LogP contribution in [0.3, 0.4) is 0 Å². The van der Waals surface area contributed by atoms with E-state index in [1.165, 1.54) is 16.7 Å². The first-order valence-electron chi connectivity index (χ1n) is 10.1. The molecule has 0 radical (unpaired) electrons. The van der Waals surface area contributed by atoms with E-state index in [0.29, 0.717) is 12.2 Å². The van der Waals surface area contributed by atoms with Gasteiger partial charge in [-0.05, 0) is 54.7 Å². The van der Waals surface area contributed by atoms with Crippen LogP contribution >= 0.6 is 0 Å². The Balaban J connectivity index is 2.16. The molecule has 3 rings (SSSR count). The minimum Gasteiger partial charge on any atom is -0.488 e. The zero-order valence-electron chi connectivity index (χ0n) is 18.0.